The van der Waals surface area contributed by atoms with Gasteiger partial charge in [0.05, 0.1) is 11.5 Å². The molecule has 116 valence electrons. The number of aromatic hydroxyl groups is 1. The Bertz CT molecular complexity index is 528. The highest BCUT2D eigenvalue weighted by Crippen LogP contribution is 2.37. The first-order chi connectivity index (χ1) is 9.77. The standard InChI is InChI=1S/C15H18F3NO2/c1-9-5-6-12(13(20)7-9)14(21)19-11-4-2-3-10(8-11)15(16,17)18/h5-7,10-11,20H,2-4,8H2,1H3,(H,19,21). The monoisotopic (exact) mass is 301 g/mol. The minimum absolute atomic E-state index is 0.0923. The first-order valence-electron chi connectivity index (χ1n) is 6.94. The average molecular weight is 301 g/mol. The third kappa shape index (κ3) is 3.89. The summed E-state index contributed by atoms with van der Waals surface area (Å²) >= 11 is 0. The van der Waals surface area contributed by atoms with Crippen LogP contribution in [0.1, 0.15) is 41.6 Å². The van der Waals surface area contributed by atoms with E-state index >= 15 is 0 Å². The molecule has 1 aliphatic carbocycles. The van der Waals surface area contributed by atoms with Gasteiger partial charge in [-0.05, 0) is 43.9 Å². The van der Waals surface area contributed by atoms with Crippen LogP contribution in [0.3, 0.4) is 0 Å². The summed E-state index contributed by atoms with van der Waals surface area (Å²) in [4.78, 5) is 12.0. The molecule has 0 aromatic heterocycles. The molecule has 0 saturated heterocycles. The summed E-state index contributed by atoms with van der Waals surface area (Å²) in [7, 11) is 0. The molecule has 1 aromatic carbocycles. The summed E-state index contributed by atoms with van der Waals surface area (Å²) in [6.45, 7) is 1.77. The van der Waals surface area contributed by atoms with Crippen molar-refractivity contribution >= 4 is 5.91 Å². The predicted molar refractivity (Wildman–Crippen MR) is 72.1 cm³/mol. The molecule has 1 aromatic rings. The lowest BCUT2D eigenvalue weighted by molar-refractivity contribution is -0.183. The molecule has 0 bridgehead atoms. The smallest absolute Gasteiger partial charge is 0.391 e. The second kappa shape index (κ2) is 5.95. The number of carbonyl (C=O) groups is 1. The second-order valence-electron chi connectivity index (χ2n) is 5.60. The van der Waals surface area contributed by atoms with E-state index in [-0.39, 0.29) is 24.2 Å². The highest BCUT2D eigenvalue weighted by molar-refractivity contribution is 5.97. The third-order valence-electron chi connectivity index (χ3n) is 3.87. The van der Waals surface area contributed by atoms with Crippen LogP contribution in [0.4, 0.5) is 13.2 Å². The van der Waals surface area contributed by atoms with E-state index in [1.807, 2.05) is 0 Å². The fourth-order valence-electron chi connectivity index (χ4n) is 2.72. The van der Waals surface area contributed by atoms with Gasteiger partial charge in [-0.1, -0.05) is 12.5 Å². The molecule has 3 nitrogen and oxygen atoms in total. The second-order valence-corrected chi connectivity index (χ2v) is 5.60. The molecule has 21 heavy (non-hydrogen) atoms. The summed E-state index contributed by atoms with van der Waals surface area (Å²) in [5.41, 5.74) is 0.897. The zero-order valence-electron chi connectivity index (χ0n) is 11.7. The highest BCUT2D eigenvalue weighted by Gasteiger charge is 2.42. The Morgan fingerprint density at radius 2 is 2.05 bits per heavy atom. The number of hydrogen-bond acceptors (Lipinski definition) is 2. The lowest BCUT2D eigenvalue weighted by Gasteiger charge is -2.31. The maximum Gasteiger partial charge on any atom is 0.391 e. The van der Waals surface area contributed by atoms with Gasteiger partial charge >= 0.3 is 6.18 Å². The molecular weight excluding hydrogens is 283 g/mol. The van der Waals surface area contributed by atoms with E-state index in [2.05, 4.69) is 5.32 Å². The van der Waals surface area contributed by atoms with E-state index in [1.54, 1.807) is 13.0 Å². The van der Waals surface area contributed by atoms with Gasteiger partial charge in [0.15, 0.2) is 0 Å². The number of nitrogens with one attached hydrogen (secondary N) is 1. The molecule has 2 atom stereocenters. The van der Waals surface area contributed by atoms with Crippen molar-refractivity contribution in [3.05, 3.63) is 29.3 Å². The van der Waals surface area contributed by atoms with E-state index in [9.17, 15) is 23.1 Å². The molecule has 6 heteroatoms. The van der Waals surface area contributed by atoms with Gasteiger partial charge < -0.3 is 10.4 Å². The molecule has 1 aliphatic rings. The summed E-state index contributed by atoms with van der Waals surface area (Å²) < 4.78 is 38.2. The predicted octanol–water partition coefficient (Wildman–Crippen LogP) is 3.55. The van der Waals surface area contributed by atoms with Gasteiger partial charge in [-0.3, -0.25) is 4.79 Å². The summed E-state index contributed by atoms with van der Waals surface area (Å²) in [6.07, 6.45) is -3.22. The zero-order valence-corrected chi connectivity index (χ0v) is 11.7. The van der Waals surface area contributed by atoms with Crippen molar-refractivity contribution in [2.24, 2.45) is 5.92 Å². The normalized spacial score (nSPS) is 22.9. The fraction of sp³-hybridized carbons (Fsp3) is 0.533. The van der Waals surface area contributed by atoms with Crippen LogP contribution in [-0.4, -0.2) is 23.2 Å². The summed E-state index contributed by atoms with van der Waals surface area (Å²) in [5, 5.41) is 12.3. The Kier molecular flexibility index (Phi) is 4.44. The maximum atomic E-state index is 12.7. The molecule has 1 amide bonds. The number of rotatable bonds is 2. The minimum atomic E-state index is -4.21. The number of amides is 1. The van der Waals surface area contributed by atoms with Gasteiger partial charge in [-0.25, -0.2) is 0 Å². The Morgan fingerprint density at radius 1 is 1.33 bits per heavy atom. The lowest BCUT2D eigenvalue weighted by atomic mass is 9.85. The average Bonchev–Trinajstić information content (AvgIpc) is 2.37. The number of benzene rings is 1. The number of aryl methyl sites for hydroxylation is 1. The molecule has 0 heterocycles. The van der Waals surface area contributed by atoms with Crippen molar-refractivity contribution in [2.45, 2.75) is 44.8 Å². The van der Waals surface area contributed by atoms with Crippen molar-refractivity contribution in [1.82, 2.24) is 5.32 Å². The van der Waals surface area contributed by atoms with Crippen molar-refractivity contribution in [3.63, 3.8) is 0 Å². The van der Waals surface area contributed by atoms with Crippen LogP contribution in [0.2, 0.25) is 0 Å². The fourth-order valence-corrected chi connectivity index (χ4v) is 2.72. The Hall–Kier alpha value is -1.72. The molecule has 0 aliphatic heterocycles. The van der Waals surface area contributed by atoms with Crippen molar-refractivity contribution in [1.29, 1.82) is 0 Å². The van der Waals surface area contributed by atoms with Crippen molar-refractivity contribution in [3.8, 4) is 5.75 Å². The molecule has 2 N–H and O–H groups in total. The Labute approximate surface area is 121 Å². The molecule has 2 unspecified atom stereocenters. The van der Waals surface area contributed by atoms with Crippen molar-refractivity contribution < 1.29 is 23.1 Å². The van der Waals surface area contributed by atoms with Crippen LogP contribution < -0.4 is 5.32 Å². The summed E-state index contributed by atoms with van der Waals surface area (Å²) in [5.74, 6) is -2.04. The van der Waals surface area contributed by atoms with Crippen LogP contribution in [0, 0.1) is 12.8 Å². The highest BCUT2D eigenvalue weighted by atomic mass is 19.4. The lowest BCUT2D eigenvalue weighted by Crippen LogP contribution is -2.41. The molecule has 0 radical (unpaired) electrons. The maximum absolute atomic E-state index is 12.7. The molecule has 2 rings (SSSR count). The number of phenolic OH excluding ortho intramolecular Hbond substituents is 1. The van der Waals surface area contributed by atoms with Gasteiger partial charge in [0.2, 0.25) is 0 Å². The first-order valence-corrected chi connectivity index (χ1v) is 6.94. The number of hydrogen-bond donors (Lipinski definition) is 2. The number of phenols is 1. The quantitative estimate of drug-likeness (QED) is 0.877. The Balaban J connectivity index is 2.02. The van der Waals surface area contributed by atoms with Crippen LogP contribution in [0.25, 0.3) is 0 Å². The number of halogens is 3. The summed E-state index contributed by atoms with van der Waals surface area (Å²) in [6, 6.07) is 4.10. The van der Waals surface area contributed by atoms with E-state index < -0.39 is 24.0 Å². The van der Waals surface area contributed by atoms with E-state index in [4.69, 9.17) is 0 Å². The van der Waals surface area contributed by atoms with E-state index in [0.29, 0.717) is 12.8 Å². The topological polar surface area (TPSA) is 49.3 Å². The molecule has 1 saturated carbocycles. The van der Waals surface area contributed by atoms with Crippen LogP contribution in [-0.2, 0) is 0 Å². The molecule has 0 spiro atoms. The number of carbonyl (C=O) groups excluding carboxylic acids is 1. The van der Waals surface area contributed by atoms with Crippen LogP contribution in [0.15, 0.2) is 18.2 Å². The van der Waals surface area contributed by atoms with Gasteiger partial charge in [0, 0.05) is 6.04 Å². The zero-order chi connectivity index (χ0) is 15.6. The van der Waals surface area contributed by atoms with Crippen LogP contribution >= 0.6 is 0 Å². The largest absolute Gasteiger partial charge is 0.507 e. The third-order valence-corrected chi connectivity index (χ3v) is 3.87. The van der Waals surface area contributed by atoms with E-state index in [0.717, 1.165) is 5.56 Å². The van der Waals surface area contributed by atoms with Crippen LogP contribution in [0.5, 0.6) is 5.75 Å². The minimum Gasteiger partial charge on any atom is -0.507 e. The van der Waals surface area contributed by atoms with Crippen molar-refractivity contribution in [2.75, 3.05) is 0 Å². The van der Waals surface area contributed by atoms with Gasteiger partial charge in [0.1, 0.15) is 5.75 Å². The SMILES string of the molecule is Cc1ccc(C(=O)NC2CCCC(C(F)(F)F)C2)c(O)c1. The van der Waals surface area contributed by atoms with Gasteiger partial charge in [-0.15, -0.1) is 0 Å². The van der Waals surface area contributed by atoms with Gasteiger partial charge in [0.25, 0.3) is 5.91 Å². The van der Waals surface area contributed by atoms with E-state index in [1.165, 1.54) is 12.1 Å². The Morgan fingerprint density at radius 3 is 2.67 bits per heavy atom. The molecule has 1 fully saturated rings. The molecular formula is C15H18F3NO2. The first kappa shape index (κ1) is 15.7. The van der Waals surface area contributed by atoms with Gasteiger partial charge in [-0.2, -0.15) is 13.2 Å². The number of alkyl halides is 3.